The van der Waals surface area contributed by atoms with Gasteiger partial charge in [-0.1, -0.05) is 43.2 Å². The van der Waals surface area contributed by atoms with Crippen molar-refractivity contribution in [3.05, 3.63) is 82.5 Å². The molecule has 3 atom stereocenters. The van der Waals surface area contributed by atoms with Crippen LogP contribution in [0.2, 0.25) is 0 Å². The molecule has 8 nitrogen and oxygen atoms in total. The first-order valence-electron chi connectivity index (χ1n) is 13.8. The van der Waals surface area contributed by atoms with Crippen LogP contribution < -0.4 is 15.5 Å². The molecule has 5 rings (SSSR count). The summed E-state index contributed by atoms with van der Waals surface area (Å²) < 4.78 is 0. The van der Waals surface area contributed by atoms with Crippen LogP contribution in [-0.4, -0.2) is 47.0 Å². The summed E-state index contributed by atoms with van der Waals surface area (Å²) in [6.45, 7) is 1.82. The zero-order valence-corrected chi connectivity index (χ0v) is 21.8. The van der Waals surface area contributed by atoms with E-state index in [2.05, 4.69) is 44.8 Å². The van der Waals surface area contributed by atoms with Crippen LogP contribution in [0.15, 0.2) is 66.7 Å². The fraction of sp³-hybridized carbons (Fsp3) is 0.433. The van der Waals surface area contributed by atoms with E-state index in [-0.39, 0.29) is 28.6 Å². The number of non-ortho nitro benzene ring substituents is 1. The standard InChI is InChI=1S/C30H37N5O3/c36-30(19-13-23-12-18-27(31-23)22-7-2-1-3-8-22)33-29-11-5-4-10-28(29)32-24-9-6-20-34(21-24)25-14-16-26(17-15-25)35(37)38/h1-3,7-8,12,14-18,24,28-29,31-32H,4-6,9-11,13,19-21H2,(H,33,36)/t24-,28+,29+/m0/s1. The molecule has 1 amide bonds. The number of anilines is 1. The van der Waals surface area contributed by atoms with Gasteiger partial charge in [-0.15, -0.1) is 0 Å². The Morgan fingerprint density at radius 3 is 2.47 bits per heavy atom. The molecule has 0 unspecified atom stereocenters. The van der Waals surface area contributed by atoms with Gasteiger partial charge < -0.3 is 20.5 Å². The first-order chi connectivity index (χ1) is 18.5. The van der Waals surface area contributed by atoms with Gasteiger partial charge in [-0.2, -0.15) is 0 Å². The van der Waals surface area contributed by atoms with E-state index >= 15 is 0 Å². The van der Waals surface area contributed by atoms with Crippen LogP contribution in [-0.2, 0) is 11.2 Å². The van der Waals surface area contributed by atoms with Gasteiger partial charge in [0.1, 0.15) is 0 Å². The van der Waals surface area contributed by atoms with Gasteiger partial charge in [0, 0.05) is 66.8 Å². The Hall–Kier alpha value is -3.65. The summed E-state index contributed by atoms with van der Waals surface area (Å²) in [5.74, 6) is 0.107. The van der Waals surface area contributed by atoms with Crippen molar-refractivity contribution in [3.8, 4) is 11.3 Å². The number of aromatic amines is 1. The Morgan fingerprint density at radius 2 is 1.71 bits per heavy atom. The highest BCUT2D eigenvalue weighted by Gasteiger charge is 2.30. The molecule has 200 valence electrons. The van der Waals surface area contributed by atoms with E-state index in [0.717, 1.165) is 67.8 Å². The molecule has 2 fully saturated rings. The molecule has 38 heavy (non-hydrogen) atoms. The Morgan fingerprint density at radius 1 is 0.947 bits per heavy atom. The topological polar surface area (TPSA) is 103 Å². The summed E-state index contributed by atoms with van der Waals surface area (Å²) in [7, 11) is 0. The van der Waals surface area contributed by atoms with Crippen LogP contribution >= 0.6 is 0 Å². The van der Waals surface area contributed by atoms with Crippen molar-refractivity contribution in [2.75, 3.05) is 18.0 Å². The van der Waals surface area contributed by atoms with E-state index in [1.807, 2.05) is 30.3 Å². The van der Waals surface area contributed by atoms with Crippen LogP contribution in [0.1, 0.15) is 50.6 Å². The molecule has 3 N–H and O–H groups in total. The highest BCUT2D eigenvalue weighted by atomic mass is 16.6. The average molecular weight is 516 g/mol. The van der Waals surface area contributed by atoms with Gasteiger partial charge in [-0.05, 0) is 61.9 Å². The van der Waals surface area contributed by atoms with E-state index in [1.165, 1.54) is 6.42 Å². The Balaban J connectivity index is 1.12. The minimum Gasteiger partial charge on any atom is -0.370 e. The fourth-order valence-electron chi connectivity index (χ4n) is 5.84. The molecule has 1 aromatic heterocycles. The van der Waals surface area contributed by atoms with Crippen LogP contribution in [0, 0.1) is 10.1 Å². The van der Waals surface area contributed by atoms with Crippen molar-refractivity contribution in [1.29, 1.82) is 0 Å². The van der Waals surface area contributed by atoms with Crippen molar-refractivity contribution in [3.63, 3.8) is 0 Å². The summed E-state index contributed by atoms with van der Waals surface area (Å²) in [6, 6.07) is 22.0. The van der Waals surface area contributed by atoms with Crippen molar-refractivity contribution < 1.29 is 9.72 Å². The molecule has 3 aromatic rings. The van der Waals surface area contributed by atoms with E-state index in [4.69, 9.17) is 0 Å². The highest BCUT2D eigenvalue weighted by Crippen LogP contribution is 2.25. The van der Waals surface area contributed by atoms with E-state index in [0.29, 0.717) is 18.9 Å². The van der Waals surface area contributed by atoms with E-state index in [1.54, 1.807) is 12.1 Å². The molecule has 0 radical (unpaired) electrons. The van der Waals surface area contributed by atoms with E-state index in [9.17, 15) is 14.9 Å². The molecular formula is C30H37N5O3. The lowest BCUT2D eigenvalue weighted by Gasteiger charge is -2.40. The van der Waals surface area contributed by atoms with Crippen molar-refractivity contribution in [2.24, 2.45) is 0 Å². The maximum Gasteiger partial charge on any atom is 0.269 e. The minimum atomic E-state index is -0.359. The molecule has 0 bridgehead atoms. The zero-order chi connectivity index (χ0) is 26.3. The Bertz CT molecular complexity index is 1210. The second-order valence-electron chi connectivity index (χ2n) is 10.6. The van der Waals surface area contributed by atoms with Crippen molar-refractivity contribution >= 4 is 17.3 Å². The van der Waals surface area contributed by atoms with Gasteiger partial charge in [-0.25, -0.2) is 0 Å². The third-order valence-electron chi connectivity index (χ3n) is 7.86. The second kappa shape index (κ2) is 12.3. The lowest BCUT2D eigenvalue weighted by Crippen LogP contribution is -2.57. The number of nitrogens with one attached hydrogen (secondary N) is 3. The molecular weight excluding hydrogens is 478 g/mol. The smallest absolute Gasteiger partial charge is 0.269 e. The molecule has 2 heterocycles. The Kier molecular flexibility index (Phi) is 8.38. The number of nitro groups is 1. The summed E-state index contributed by atoms with van der Waals surface area (Å²) in [4.78, 5) is 29.3. The first-order valence-corrected chi connectivity index (χ1v) is 13.8. The number of benzene rings is 2. The number of carbonyl (C=O) groups is 1. The number of nitro benzene ring substituents is 1. The lowest BCUT2D eigenvalue weighted by atomic mass is 9.88. The molecule has 1 saturated carbocycles. The number of carbonyl (C=O) groups excluding carboxylic acids is 1. The SMILES string of the molecule is O=C(CCc1ccc(-c2ccccc2)[nH]1)N[C@@H]1CCCC[C@H]1N[C@H]1CCCN(c2ccc([N+](=O)[O-])cc2)C1. The summed E-state index contributed by atoms with van der Waals surface area (Å²) >= 11 is 0. The monoisotopic (exact) mass is 515 g/mol. The lowest BCUT2D eigenvalue weighted by molar-refractivity contribution is -0.384. The normalized spacial score (nSPS) is 21.7. The molecule has 2 aromatic carbocycles. The minimum absolute atomic E-state index is 0.107. The number of aryl methyl sites for hydroxylation is 1. The van der Waals surface area contributed by atoms with Gasteiger partial charge in [0.2, 0.25) is 5.91 Å². The molecule has 2 aliphatic rings. The van der Waals surface area contributed by atoms with Crippen LogP contribution in [0.5, 0.6) is 0 Å². The first kappa shape index (κ1) is 26.0. The summed E-state index contributed by atoms with van der Waals surface area (Å²) in [6.07, 6.45) is 7.70. The highest BCUT2D eigenvalue weighted by molar-refractivity contribution is 5.76. The van der Waals surface area contributed by atoms with Gasteiger partial charge >= 0.3 is 0 Å². The predicted molar refractivity (Wildman–Crippen MR) is 150 cm³/mol. The van der Waals surface area contributed by atoms with Gasteiger partial charge in [0.15, 0.2) is 0 Å². The molecule has 1 saturated heterocycles. The molecule has 1 aliphatic heterocycles. The maximum atomic E-state index is 12.9. The van der Waals surface area contributed by atoms with Crippen LogP contribution in [0.4, 0.5) is 11.4 Å². The zero-order valence-electron chi connectivity index (χ0n) is 21.8. The number of aromatic nitrogens is 1. The molecule has 8 heteroatoms. The van der Waals surface area contributed by atoms with E-state index < -0.39 is 0 Å². The maximum absolute atomic E-state index is 12.9. The van der Waals surface area contributed by atoms with Gasteiger partial charge in [0.25, 0.3) is 5.69 Å². The quantitative estimate of drug-likeness (QED) is 0.268. The van der Waals surface area contributed by atoms with Gasteiger partial charge in [-0.3, -0.25) is 14.9 Å². The predicted octanol–water partition coefficient (Wildman–Crippen LogP) is 5.21. The third-order valence-corrected chi connectivity index (χ3v) is 7.86. The number of nitrogens with zero attached hydrogens (tertiary/aromatic N) is 2. The van der Waals surface area contributed by atoms with Crippen molar-refractivity contribution in [1.82, 2.24) is 15.6 Å². The van der Waals surface area contributed by atoms with Crippen molar-refractivity contribution in [2.45, 2.75) is 69.5 Å². The molecule has 1 aliphatic carbocycles. The summed E-state index contributed by atoms with van der Waals surface area (Å²) in [5.41, 5.74) is 4.44. The Labute approximate surface area is 224 Å². The summed E-state index contributed by atoms with van der Waals surface area (Å²) in [5, 5.41) is 18.2. The second-order valence-corrected chi connectivity index (χ2v) is 10.6. The number of amides is 1. The number of H-pyrrole nitrogens is 1. The average Bonchev–Trinajstić information content (AvgIpc) is 3.43. The number of rotatable bonds is 9. The number of hydrogen-bond donors (Lipinski definition) is 3. The van der Waals surface area contributed by atoms with Crippen LogP contribution in [0.3, 0.4) is 0 Å². The fourth-order valence-corrected chi connectivity index (χ4v) is 5.84. The number of piperidine rings is 1. The van der Waals surface area contributed by atoms with Crippen LogP contribution in [0.25, 0.3) is 11.3 Å². The third kappa shape index (κ3) is 6.61. The largest absolute Gasteiger partial charge is 0.370 e. The van der Waals surface area contributed by atoms with Gasteiger partial charge in [0.05, 0.1) is 4.92 Å². The molecule has 0 spiro atoms. The number of hydrogen-bond acceptors (Lipinski definition) is 5.